The summed E-state index contributed by atoms with van der Waals surface area (Å²) in [5.41, 5.74) is 2.27. The van der Waals surface area contributed by atoms with Crippen LogP contribution in [0.1, 0.15) is 18.1 Å². The Morgan fingerprint density at radius 1 is 1.06 bits per heavy atom. The molecule has 3 nitrogen and oxygen atoms in total. The first-order chi connectivity index (χ1) is 16.2. The zero-order valence-corrected chi connectivity index (χ0v) is 20.2. The van der Waals surface area contributed by atoms with E-state index < -0.39 is 13.0 Å². The molecule has 34 heavy (non-hydrogen) atoms. The molecule has 0 aliphatic heterocycles. The minimum absolute atomic E-state index is 0.141. The standard InChI is InChI=1S/C15H12ClF4NO.C10H12OS/c1-21-13-7-12(16)11(6-9(13)8-17)10-4-2-3-5-14(10)22-15(18,19)20;1-2-12-10-5-3-9(4-6-10)7-8-11/h2-7,21H,8H2,1H3;3-6,8H,2,7H2,1H3. The van der Waals surface area contributed by atoms with Crippen LogP contribution in [0, 0.1) is 0 Å². The van der Waals surface area contributed by atoms with Crippen LogP contribution in [-0.2, 0) is 17.9 Å². The first-order valence-electron chi connectivity index (χ1n) is 10.3. The number of benzene rings is 3. The molecule has 0 saturated heterocycles. The minimum atomic E-state index is -4.82. The van der Waals surface area contributed by atoms with Crippen LogP contribution in [0.2, 0.25) is 5.02 Å². The summed E-state index contributed by atoms with van der Waals surface area (Å²) in [4.78, 5) is 11.5. The number of thioether (sulfide) groups is 1. The Labute approximate surface area is 205 Å². The van der Waals surface area contributed by atoms with Crippen molar-refractivity contribution in [3.63, 3.8) is 0 Å². The third-order valence-corrected chi connectivity index (χ3v) is 5.77. The quantitative estimate of drug-likeness (QED) is 0.188. The molecule has 0 heterocycles. The van der Waals surface area contributed by atoms with E-state index in [0.29, 0.717) is 17.7 Å². The van der Waals surface area contributed by atoms with Gasteiger partial charge in [-0.15, -0.1) is 24.9 Å². The Balaban J connectivity index is 0.000000287. The fourth-order valence-electron chi connectivity index (χ4n) is 3.06. The van der Waals surface area contributed by atoms with Crippen LogP contribution in [0.15, 0.2) is 65.6 Å². The van der Waals surface area contributed by atoms with Gasteiger partial charge in [-0.3, -0.25) is 0 Å². The lowest BCUT2D eigenvalue weighted by Gasteiger charge is -2.16. The Kier molecular flexibility index (Phi) is 10.7. The Bertz CT molecular complexity index is 1080. The van der Waals surface area contributed by atoms with Crippen molar-refractivity contribution in [3.05, 3.63) is 76.8 Å². The van der Waals surface area contributed by atoms with Crippen LogP contribution in [0.5, 0.6) is 5.75 Å². The van der Waals surface area contributed by atoms with E-state index in [0.717, 1.165) is 17.6 Å². The minimum Gasteiger partial charge on any atom is -0.405 e. The Morgan fingerprint density at radius 2 is 1.74 bits per heavy atom. The second-order valence-corrected chi connectivity index (χ2v) is 8.61. The highest BCUT2D eigenvalue weighted by molar-refractivity contribution is 7.99. The normalized spacial score (nSPS) is 10.8. The molecule has 0 saturated carbocycles. The number of rotatable bonds is 8. The van der Waals surface area contributed by atoms with Crippen molar-refractivity contribution in [1.82, 2.24) is 0 Å². The predicted molar refractivity (Wildman–Crippen MR) is 131 cm³/mol. The highest BCUT2D eigenvalue weighted by Gasteiger charge is 2.32. The number of ether oxygens (including phenoxy) is 1. The van der Waals surface area contributed by atoms with Crippen molar-refractivity contribution < 1.29 is 27.1 Å². The molecule has 3 aromatic carbocycles. The third kappa shape index (κ3) is 8.25. The lowest BCUT2D eigenvalue weighted by molar-refractivity contribution is -0.274. The Hall–Kier alpha value is -2.71. The number of carbonyl (C=O) groups is 1. The molecule has 3 aromatic rings. The zero-order valence-electron chi connectivity index (χ0n) is 18.6. The van der Waals surface area contributed by atoms with Gasteiger partial charge in [0.15, 0.2) is 0 Å². The Morgan fingerprint density at radius 3 is 2.29 bits per heavy atom. The van der Waals surface area contributed by atoms with Gasteiger partial charge in [0.05, 0.1) is 5.02 Å². The van der Waals surface area contributed by atoms with Crippen LogP contribution in [0.3, 0.4) is 0 Å². The van der Waals surface area contributed by atoms with Crippen LogP contribution in [0.25, 0.3) is 11.1 Å². The molecule has 0 amide bonds. The number of para-hydroxylation sites is 1. The molecule has 0 aliphatic carbocycles. The van der Waals surface area contributed by atoms with Gasteiger partial charge in [0.25, 0.3) is 0 Å². The van der Waals surface area contributed by atoms with E-state index in [1.807, 2.05) is 23.9 Å². The van der Waals surface area contributed by atoms with Crippen molar-refractivity contribution in [1.29, 1.82) is 0 Å². The van der Waals surface area contributed by atoms with Gasteiger partial charge in [-0.05, 0) is 41.6 Å². The highest BCUT2D eigenvalue weighted by atomic mass is 35.5. The lowest BCUT2D eigenvalue weighted by atomic mass is 10.0. The first kappa shape index (κ1) is 27.5. The molecule has 1 N–H and O–H groups in total. The fourth-order valence-corrected chi connectivity index (χ4v) is 3.98. The maximum absolute atomic E-state index is 13.1. The van der Waals surface area contributed by atoms with Crippen LogP contribution in [0.4, 0.5) is 23.2 Å². The van der Waals surface area contributed by atoms with E-state index in [9.17, 15) is 22.4 Å². The first-order valence-corrected chi connectivity index (χ1v) is 11.6. The molecular weight excluding hydrogens is 490 g/mol. The summed E-state index contributed by atoms with van der Waals surface area (Å²) in [5, 5.41) is 2.98. The number of carbonyl (C=O) groups excluding carboxylic acids is 1. The van der Waals surface area contributed by atoms with Crippen molar-refractivity contribution in [2.24, 2.45) is 0 Å². The third-order valence-electron chi connectivity index (χ3n) is 4.56. The summed E-state index contributed by atoms with van der Waals surface area (Å²) in [5.74, 6) is 0.700. The number of hydrogen-bond donors (Lipinski definition) is 1. The van der Waals surface area contributed by atoms with Gasteiger partial charge >= 0.3 is 6.36 Å². The second kappa shape index (κ2) is 13.2. The van der Waals surface area contributed by atoms with Gasteiger partial charge in [-0.25, -0.2) is 4.39 Å². The fraction of sp³-hybridized carbons (Fsp3) is 0.240. The van der Waals surface area contributed by atoms with E-state index in [1.165, 1.54) is 35.2 Å². The van der Waals surface area contributed by atoms with Gasteiger partial charge in [0, 0.05) is 40.7 Å². The molecule has 0 aromatic heterocycles. The van der Waals surface area contributed by atoms with Crippen molar-refractivity contribution >= 4 is 35.3 Å². The molecule has 0 radical (unpaired) electrons. The highest BCUT2D eigenvalue weighted by Crippen LogP contribution is 2.39. The molecule has 0 aliphatic rings. The summed E-state index contributed by atoms with van der Waals surface area (Å²) >= 11 is 7.93. The van der Waals surface area contributed by atoms with Crippen molar-refractivity contribution in [3.8, 4) is 16.9 Å². The monoisotopic (exact) mass is 513 g/mol. The lowest BCUT2D eigenvalue weighted by Crippen LogP contribution is -2.17. The molecule has 9 heteroatoms. The number of alkyl halides is 4. The predicted octanol–water partition coefficient (Wildman–Crippen LogP) is 7.96. The molecule has 182 valence electrons. The van der Waals surface area contributed by atoms with E-state index in [-0.39, 0.29) is 21.9 Å². The topological polar surface area (TPSA) is 38.3 Å². The van der Waals surface area contributed by atoms with Gasteiger partial charge in [0.2, 0.25) is 0 Å². The molecule has 0 fully saturated rings. The maximum Gasteiger partial charge on any atom is 0.573 e. The molecular formula is C25H24ClF4NO2S. The summed E-state index contributed by atoms with van der Waals surface area (Å²) in [6.45, 7) is 1.35. The summed E-state index contributed by atoms with van der Waals surface area (Å²) < 4.78 is 54.5. The number of nitrogens with one attached hydrogen (secondary N) is 1. The zero-order chi connectivity index (χ0) is 25.1. The molecule has 3 rings (SSSR count). The number of anilines is 1. The van der Waals surface area contributed by atoms with Crippen LogP contribution >= 0.6 is 23.4 Å². The summed E-state index contributed by atoms with van der Waals surface area (Å²) in [6.07, 6.45) is -3.37. The molecule has 0 spiro atoms. The largest absolute Gasteiger partial charge is 0.573 e. The van der Waals surface area contributed by atoms with Crippen LogP contribution < -0.4 is 10.1 Å². The second-order valence-electron chi connectivity index (χ2n) is 6.86. The number of halogens is 5. The van der Waals surface area contributed by atoms with Gasteiger partial charge in [-0.2, -0.15) is 0 Å². The van der Waals surface area contributed by atoms with E-state index in [1.54, 1.807) is 13.1 Å². The van der Waals surface area contributed by atoms with Crippen LogP contribution in [-0.4, -0.2) is 25.4 Å². The van der Waals surface area contributed by atoms with E-state index in [2.05, 4.69) is 29.1 Å². The maximum atomic E-state index is 13.1. The average Bonchev–Trinajstić information content (AvgIpc) is 2.80. The van der Waals surface area contributed by atoms with Gasteiger partial charge < -0.3 is 14.8 Å². The summed E-state index contributed by atoms with van der Waals surface area (Å²) in [7, 11) is 1.60. The average molecular weight is 514 g/mol. The summed E-state index contributed by atoms with van der Waals surface area (Å²) in [6, 6.07) is 16.6. The van der Waals surface area contributed by atoms with Gasteiger partial charge in [0.1, 0.15) is 18.7 Å². The number of aldehydes is 1. The smallest absolute Gasteiger partial charge is 0.405 e. The molecule has 0 atom stereocenters. The molecule has 0 bridgehead atoms. The van der Waals surface area contributed by atoms with E-state index >= 15 is 0 Å². The molecule has 0 unspecified atom stereocenters. The van der Waals surface area contributed by atoms with Gasteiger partial charge in [-0.1, -0.05) is 48.9 Å². The van der Waals surface area contributed by atoms with Crippen molar-refractivity contribution in [2.75, 3.05) is 18.1 Å². The van der Waals surface area contributed by atoms with Crippen molar-refractivity contribution in [2.45, 2.75) is 31.3 Å². The number of hydrogen-bond acceptors (Lipinski definition) is 4. The SMILES string of the molecule is CCSc1ccc(CC=O)cc1.CNc1cc(Cl)c(-c2ccccc2OC(F)(F)F)cc1CF. The van der Waals surface area contributed by atoms with E-state index in [4.69, 9.17) is 11.6 Å².